The van der Waals surface area contributed by atoms with Crippen LogP contribution in [0.5, 0.6) is 0 Å². The van der Waals surface area contributed by atoms with Gasteiger partial charge in [0, 0.05) is 19.3 Å². The Labute approximate surface area is 124 Å². The summed E-state index contributed by atoms with van der Waals surface area (Å²) in [5.41, 5.74) is 0.459. The first-order chi connectivity index (χ1) is 10.00. The van der Waals surface area contributed by atoms with E-state index >= 15 is 0 Å². The summed E-state index contributed by atoms with van der Waals surface area (Å²) < 4.78 is 1.97. The normalized spacial score (nSPS) is 22.1. The molecule has 1 atom stereocenters. The molecule has 1 aromatic rings. The number of nitriles is 1. The van der Waals surface area contributed by atoms with Gasteiger partial charge in [-0.05, 0) is 38.2 Å². The number of amides is 1. The van der Waals surface area contributed by atoms with Gasteiger partial charge in [-0.2, -0.15) is 10.4 Å². The van der Waals surface area contributed by atoms with E-state index in [0.717, 1.165) is 31.5 Å². The first-order valence-electron chi connectivity index (χ1n) is 7.45. The number of carbonyl (C=O) groups is 1. The van der Waals surface area contributed by atoms with Gasteiger partial charge in [0.2, 0.25) is 5.91 Å². The minimum atomic E-state index is -0.694. The fourth-order valence-corrected chi connectivity index (χ4v) is 2.89. The number of carbonyl (C=O) groups excluding carboxylic acids is 1. The van der Waals surface area contributed by atoms with E-state index in [2.05, 4.69) is 21.4 Å². The largest absolute Gasteiger partial charge is 0.337 e. The molecule has 0 bridgehead atoms. The number of nitrogens with zero attached hydrogens (tertiary/aromatic N) is 4. The SMILES string of the molecule is Cc1cnn(C2CN(CC(=O)N[C@@](C)(C#N)C3CC3)C2)c1. The lowest BCUT2D eigenvalue weighted by molar-refractivity contribution is -0.125. The zero-order chi connectivity index (χ0) is 15.0. The molecule has 1 aliphatic heterocycles. The third-order valence-electron chi connectivity index (χ3n) is 4.44. The summed E-state index contributed by atoms with van der Waals surface area (Å²) in [5.74, 6) is 0.267. The Morgan fingerprint density at radius 3 is 2.81 bits per heavy atom. The minimum Gasteiger partial charge on any atom is -0.337 e. The molecule has 0 unspecified atom stereocenters. The van der Waals surface area contributed by atoms with Crippen LogP contribution in [0.3, 0.4) is 0 Å². The maximum absolute atomic E-state index is 12.1. The zero-order valence-electron chi connectivity index (χ0n) is 12.5. The number of hydrogen-bond donors (Lipinski definition) is 1. The molecule has 3 rings (SSSR count). The number of nitrogens with one attached hydrogen (secondary N) is 1. The minimum absolute atomic E-state index is 0.0546. The van der Waals surface area contributed by atoms with E-state index in [1.54, 1.807) is 0 Å². The van der Waals surface area contributed by atoms with Crippen LogP contribution >= 0.6 is 0 Å². The first kappa shape index (κ1) is 14.1. The van der Waals surface area contributed by atoms with Gasteiger partial charge in [0.25, 0.3) is 0 Å². The van der Waals surface area contributed by atoms with Crippen LogP contribution in [0.1, 0.15) is 31.4 Å². The van der Waals surface area contributed by atoms with Gasteiger partial charge in [-0.15, -0.1) is 0 Å². The van der Waals surface area contributed by atoms with Gasteiger partial charge in [-0.25, -0.2) is 0 Å². The summed E-state index contributed by atoms with van der Waals surface area (Å²) in [7, 11) is 0. The van der Waals surface area contributed by atoms with Crippen LogP contribution in [0.2, 0.25) is 0 Å². The second-order valence-electron chi connectivity index (χ2n) is 6.48. The Balaban J connectivity index is 1.46. The monoisotopic (exact) mass is 287 g/mol. The molecule has 0 radical (unpaired) electrons. The molecule has 1 aromatic heterocycles. The highest BCUT2D eigenvalue weighted by atomic mass is 16.2. The zero-order valence-corrected chi connectivity index (χ0v) is 12.5. The van der Waals surface area contributed by atoms with Gasteiger partial charge >= 0.3 is 0 Å². The highest BCUT2D eigenvalue weighted by Gasteiger charge is 2.43. The molecule has 21 heavy (non-hydrogen) atoms. The van der Waals surface area contributed by atoms with E-state index in [4.69, 9.17) is 0 Å². The molecule has 2 heterocycles. The molecule has 2 aliphatic rings. The van der Waals surface area contributed by atoms with Crippen molar-refractivity contribution in [1.29, 1.82) is 5.26 Å². The fourth-order valence-electron chi connectivity index (χ4n) is 2.89. The summed E-state index contributed by atoms with van der Waals surface area (Å²) in [6.45, 7) is 5.88. The van der Waals surface area contributed by atoms with E-state index in [-0.39, 0.29) is 5.91 Å². The van der Waals surface area contributed by atoms with Crippen molar-refractivity contribution in [3.05, 3.63) is 18.0 Å². The van der Waals surface area contributed by atoms with Crippen LogP contribution in [-0.2, 0) is 4.79 Å². The third-order valence-corrected chi connectivity index (χ3v) is 4.44. The number of aryl methyl sites for hydroxylation is 1. The van der Waals surface area contributed by atoms with Gasteiger partial charge in [0.15, 0.2) is 0 Å². The highest BCUT2D eigenvalue weighted by molar-refractivity contribution is 5.79. The van der Waals surface area contributed by atoms with Gasteiger partial charge in [0.1, 0.15) is 5.54 Å². The van der Waals surface area contributed by atoms with Crippen molar-refractivity contribution in [3.63, 3.8) is 0 Å². The van der Waals surface area contributed by atoms with Crippen molar-refractivity contribution >= 4 is 5.91 Å². The van der Waals surface area contributed by atoms with E-state index in [0.29, 0.717) is 18.5 Å². The van der Waals surface area contributed by atoms with Gasteiger partial charge < -0.3 is 5.32 Å². The number of likely N-dealkylation sites (tertiary alicyclic amines) is 1. The molecule has 6 heteroatoms. The van der Waals surface area contributed by atoms with E-state index < -0.39 is 5.54 Å². The van der Waals surface area contributed by atoms with E-state index in [1.165, 1.54) is 0 Å². The first-order valence-corrected chi connectivity index (χ1v) is 7.45. The number of rotatable bonds is 5. The second kappa shape index (κ2) is 5.15. The summed E-state index contributed by atoms with van der Waals surface area (Å²) in [5, 5.41) is 16.5. The maximum atomic E-state index is 12.1. The molecular formula is C15H21N5O. The predicted molar refractivity (Wildman–Crippen MR) is 77.3 cm³/mol. The van der Waals surface area contributed by atoms with Gasteiger partial charge in [-0.1, -0.05) is 0 Å². The molecule has 1 N–H and O–H groups in total. The van der Waals surface area contributed by atoms with Gasteiger partial charge in [-0.3, -0.25) is 14.4 Å². The quantitative estimate of drug-likeness (QED) is 0.871. The van der Waals surface area contributed by atoms with Crippen LogP contribution in [0, 0.1) is 24.2 Å². The van der Waals surface area contributed by atoms with E-state index in [1.807, 2.05) is 30.9 Å². The van der Waals surface area contributed by atoms with Crippen molar-refractivity contribution in [2.45, 2.75) is 38.3 Å². The lowest BCUT2D eigenvalue weighted by Crippen LogP contribution is -2.55. The summed E-state index contributed by atoms with van der Waals surface area (Å²) in [6.07, 6.45) is 5.95. The summed E-state index contributed by atoms with van der Waals surface area (Å²) in [4.78, 5) is 14.2. The second-order valence-corrected chi connectivity index (χ2v) is 6.48. The average Bonchev–Trinajstić information content (AvgIpc) is 3.17. The van der Waals surface area contributed by atoms with Gasteiger partial charge in [0.05, 0.1) is 24.9 Å². The number of hydrogen-bond acceptors (Lipinski definition) is 4. The fraction of sp³-hybridized carbons (Fsp3) is 0.667. The van der Waals surface area contributed by atoms with Crippen LogP contribution < -0.4 is 5.32 Å². The smallest absolute Gasteiger partial charge is 0.235 e. The van der Waals surface area contributed by atoms with Crippen LogP contribution in [-0.4, -0.2) is 45.8 Å². The Morgan fingerprint density at radius 1 is 1.57 bits per heavy atom. The Morgan fingerprint density at radius 2 is 2.29 bits per heavy atom. The van der Waals surface area contributed by atoms with Crippen molar-refractivity contribution in [2.75, 3.05) is 19.6 Å². The topological polar surface area (TPSA) is 74.0 Å². The van der Waals surface area contributed by atoms with Crippen molar-refractivity contribution in [1.82, 2.24) is 20.0 Å². The van der Waals surface area contributed by atoms with Crippen LogP contribution in [0.25, 0.3) is 0 Å². The number of aromatic nitrogens is 2. The molecule has 1 saturated heterocycles. The van der Waals surface area contributed by atoms with Crippen molar-refractivity contribution in [2.24, 2.45) is 5.92 Å². The Hall–Kier alpha value is -1.87. The average molecular weight is 287 g/mol. The molecule has 112 valence electrons. The molecule has 0 aromatic carbocycles. The molecule has 1 saturated carbocycles. The Bertz CT molecular complexity index is 579. The molecule has 6 nitrogen and oxygen atoms in total. The third kappa shape index (κ3) is 2.93. The molecular weight excluding hydrogens is 266 g/mol. The molecule has 1 amide bonds. The highest BCUT2D eigenvalue weighted by Crippen LogP contribution is 2.39. The Kier molecular flexibility index (Phi) is 3.46. The molecule has 0 spiro atoms. The molecule has 2 fully saturated rings. The van der Waals surface area contributed by atoms with Crippen molar-refractivity contribution < 1.29 is 4.79 Å². The molecule has 1 aliphatic carbocycles. The van der Waals surface area contributed by atoms with Crippen molar-refractivity contribution in [3.8, 4) is 6.07 Å². The summed E-state index contributed by atoms with van der Waals surface area (Å²) in [6, 6.07) is 2.61. The lowest BCUT2D eigenvalue weighted by Gasteiger charge is -2.39. The van der Waals surface area contributed by atoms with Crippen LogP contribution in [0.4, 0.5) is 0 Å². The standard InChI is InChI=1S/C15H21N5O/c1-11-5-17-20(6-11)13-7-19(8-13)9-14(21)18-15(2,10-16)12-3-4-12/h5-6,12-13H,3-4,7-9H2,1-2H3,(H,18,21)/t15-/m0/s1. The predicted octanol–water partition coefficient (Wildman–Crippen LogP) is 0.857. The van der Waals surface area contributed by atoms with E-state index in [9.17, 15) is 10.1 Å². The maximum Gasteiger partial charge on any atom is 0.235 e. The lowest BCUT2D eigenvalue weighted by atomic mass is 9.98. The van der Waals surface area contributed by atoms with Crippen LogP contribution in [0.15, 0.2) is 12.4 Å². The summed E-state index contributed by atoms with van der Waals surface area (Å²) >= 11 is 0.